The van der Waals surface area contributed by atoms with Crippen molar-refractivity contribution < 1.29 is 4.79 Å². The Labute approximate surface area is 97.6 Å². The minimum Gasteiger partial charge on any atom is -0.353 e. The summed E-state index contributed by atoms with van der Waals surface area (Å²) in [5, 5.41) is 11.8. The van der Waals surface area contributed by atoms with Gasteiger partial charge in [0.05, 0.1) is 17.1 Å². The van der Waals surface area contributed by atoms with Crippen molar-refractivity contribution in [3.63, 3.8) is 0 Å². The maximum Gasteiger partial charge on any atom is 0.239 e. The second-order valence-corrected chi connectivity index (χ2v) is 3.82. The minimum atomic E-state index is -0.0477. The van der Waals surface area contributed by atoms with Gasteiger partial charge in [-0.3, -0.25) is 4.79 Å². The number of amides is 1. The number of hydrogen-bond acceptors (Lipinski definition) is 4. The van der Waals surface area contributed by atoms with E-state index in [0.29, 0.717) is 29.5 Å². The highest BCUT2D eigenvalue weighted by Crippen LogP contribution is 2.24. The first-order valence-corrected chi connectivity index (χ1v) is 5.16. The van der Waals surface area contributed by atoms with E-state index in [-0.39, 0.29) is 12.5 Å². The lowest BCUT2D eigenvalue weighted by molar-refractivity contribution is -0.120. The Morgan fingerprint density at radius 2 is 2.44 bits per heavy atom. The molecule has 0 atom stereocenters. The number of hydrogen-bond donors (Lipinski definition) is 1. The Kier molecular flexibility index (Phi) is 2.93. The zero-order chi connectivity index (χ0) is 11.5. The third-order valence-corrected chi connectivity index (χ3v) is 2.57. The van der Waals surface area contributed by atoms with Crippen LogP contribution in [0.2, 0.25) is 5.02 Å². The molecule has 0 spiro atoms. The van der Waals surface area contributed by atoms with Crippen LogP contribution >= 0.6 is 11.6 Å². The number of piperazine rings is 1. The molecule has 2 rings (SSSR count). The Morgan fingerprint density at radius 1 is 1.62 bits per heavy atom. The van der Waals surface area contributed by atoms with Crippen LogP contribution in [0.5, 0.6) is 0 Å². The summed E-state index contributed by atoms with van der Waals surface area (Å²) in [6, 6.07) is 3.51. The maximum absolute atomic E-state index is 11.2. The number of nitriles is 1. The molecule has 1 fully saturated rings. The summed E-state index contributed by atoms with van der Waals surface area (Å²) < 4.78 is 0. The first-order valence-electron chi connectivity index (χ1n) is 4.78. The quantitative estimate of drug-likeness (QED) is 0.773. The number of nitrogens with one attached hydrogen (secondary N) is 1. The average Bonchev–Trinajstić information content (AvgIpc) is 2.28. The second-order valence-electron chi connectivity index (χ2n) is 3.41. The summed E-state index contributed by atoms with van der Waals surface area (Å²) in [6.07, 6.45) is 1.45. The highest BCUT2D eigenvalue weighted by atomic mass is 35.5. The Balaban J connectivity index is 2.27. The van der Waals surface area contributed by atoms with Gasteiger partial charge in [-0.05, 0) is 6.07 Å². The van der Waals surface area contributed by atoms with Gasteiger partial charge in [0.25, 0.3) is 0 Å². The van der Waals surface area contributed by atoms with Gasteiger partial charge < -0.3 is 10.2 Å². The van der Waals surface area contributed by atoms with Gasteiger partial charge in [0, 0.05) is 19.3 Å². The monoisotopic (exact) mass is 236 g/mol. The topological polar surface area (TPSA) is 69.0 Å². The van der Waals surface area contributed by atoms with E-state index in [2.05, 4.69) is 10.3 Å². The molecule has 82 valence electrons. The van der Waals surface area contributed by atoms with E-state index in [1.54, 1.807) is 11.0 Å². The van der Waals surface area contributed by atoms with Crippen LogP contribution in [-0.2, 0) is 4.79 Å². The van der Waals surface area contributed by atoms with Gasteiger partial charge in [0.2, 0.25) is 5.91 Å². The highest BCUT2D eigenvalue weighted by Gasteiger charge is 2.19. The lowest BCUT2D eigenvalue weighted by Crippen LogP contribution is -2.48. The Morgan fingerprint density at radius 3 is 3.06 bits per heavy atom. The molecule has 1 aromatic heterocycles. The summed E-state index contributed by atoms with van der Waals surface area (Å²) in [4.78, 5) is 17.1. The van der Waals surface area contributed by atoms with Gasteiger partial charge in [0.1, 0.15) is 11.9 Å². The first kappa shape index (κ1) is 10.7. The summed E-state index contributed by atoms with van der Waals surface area (Å²) in [5.41, 5.74) is 0.412. The van der Waals surface area contributed by atoms with Gasteiger partial charge in [0.15, 0.2) is 0 Å². The molecule has 2 heterocycles. The molecule has 0 radical (unpaired) electrons. The van der Waals surface area contributed by atoms with Crippen LogP contribution in [0.3, 0.4) is 0 Å². The Hall–Kier alpha value is -1.80. The SMILES string of the molecule is N#Cc1cnc(N2CCNC(=O)C2)c(Cl)c1. The van der Waals surface area contributed by atoms with Crippen molar-refractivity contribution in [2.24, 2.45) is 0 Å². The molecule has 1 aromatic rings. The standard InChI is InChI=1S/C10H9ClN4O/c11-8-3-7(4-12)5-14-10(8)15-2-1-13-9(16)6-15/h3,5H,1-2,6H2,(H,13,16). The molecular weight excluding hydrogens is 228 g/mol. The van der Waals surface area contributed by atoms with E-state index in [4.69, 9.17) is 16.9 Å². The molecule has 16 heavy (non-hydrogen) atoms. The van der Waals surface area contributed by atoms with Crippen LogP contribution < -0.4 is 10.2 Å². The van der Waals surface area contributed by atoms with Crippen LogP contribution in [-0.4, -0.2) is 30.5 Å². The molecule has 0 aliphatic carbocycles. The number of anilines is 1. The zero-order valence-corrected chi connectivity index (χ0v) is 9.16. The lowest BCUT2D eigenvalue weighted by Gasteiger charge is -2.28. The molecule has 0 aromatic carbocycles. The molecule has 1 aliphatic heterocycles. The predicted molar refractivity (Wildman–Crippen MR) is 59.2 cm³/mol. The Bertz CT molecular complexity index is 468. The molecule has 1 N–H and O–H groups in total. The molecule has 0 saturated carbocycles. The van der Waals surface area contributed by atoms with Crippen molar-refractivity contribution in [3.8, 4) is 6.07 Å². The molecule has 1 saturated heterocycles. The van der Waals surface area contributed by atoms with Crippen molar-refractivity contribution >= 4 is 23.3 Å². The van der Waals surface area contributed by atoms with E-state index >= 15 is 0 Å². The van der Waals surface area contributed by atoms with E-state index in [9.17, 15) is 4.79 Å². The van der Waals surface area contributed by atoms with Crippen LogP contribution in [0.4, 0.5) is 5.82 Å². The number of aromatic nitrogens is 1. The third-order valence-electron chi connectivity index (χ3n) is 2.29. The van der Waals surface area contributed by atoms with Crippen molar-refractivity contribution in [1.82, 2.24) is 10.3 Å². The highest BCUT2D eigenvalue weighted by molar-refractivity contribution is 6.33. The van der Waals surface area contributed by atoms with Crippen molar-refractivity contribution in [3.05, 3.63) is 22.8 Å². The summed E-state index contributed by atoms with van der Waals surface area (Å²) in [5.74, 6) is 0.504. The van der Waals surface area contributed by atoms with Crippen LogP contribution in [0.25, 0.3) is 0 Å². The number of halogens is 1. The first-order chi connectivity index (χ1) is 7.70. The van der Waals surface area contributed by atoms with Gasteiger partial charge in [-0.2, -0.15) is 5.26 Å². The van der Waals surface area contributed by atoms with E-state index in [0.717, 1.165) is 0 Å². The number of nitrogens with zero attached hydrogens (tertiary/aromatic N) is 3. The van der Waals surface area contributed by atoms with E-state index in [1.807, 2.05) is 6.07 Å². The van der Waals surface area contributed by atoms with Crippen LogP contribution in [0.1, 0.15) is 5.56 Å². The molecule has 5 nitrogen and oxygen atoms in total. The fourth-order valence-corrected chi connectivity index (χ4v) is 1.83. The molecule has 6 heteroatoms. The fourth-order valence-electron chi connectivity index (χ4n) is 1.54. The van der Waals surface area contributed by atoms with Gasteiger partial charge in [-0.1, -0.05) is 11.6 Å². The lowest BCUT2D eigenvalue weighted by atomic mass is 10.3. The number of carbonyl (C=O) groups excluding carboxylic acids is 1. The molecule has 1 amide bonds. The minimum absolute atomic E-state index is 0.0477. The van der Waals surface area contributed by atoms with Crippen molar-refractivity contribution in [2.75, 3.05) is 24.5 Å². The number of carbonyl (C=O) groups is 1. The summed E-state index contributed by atoms with van der Waals surface area (Å²) >= 11 is 6.00. The molecule has 0 bridgehead atoms. The van der Waals surface area contributed by atoms with Gasteiger partial charge >= 0.3 is 0 Å². The van der Waals surface area contributed by atoms with E-state index < -0.39 is 0 Å². The van der Waals surface area contributed by atoms with Crippen molar-refractivity contribution in [1.29, 1.82) is 5.26 Å². The van der Waals surface area contributed by atoms with Crippen LogP contribution in [0.15, 0.2) is 12.3 Å². The van der Waals surface area contributed by atoms with Crippen LogP contribution in [0, 0.1) is 11.3 Å². The van der Waals surface area contributed by atoms with Gasteiger partial charge in [-0.25, -0.2) is 4.98 Å². The fraction of sp³-hybridized carbons (Fsp3) is 0.300. The van der Waals surface area contributed by atoms with Gasteiger partial charge in [-0.15, -0.1) is 0 Å². The smallest absolute Gasteiger partial charge is 0.239 e. The molecule has 0 unspecified atom stereocenters. The normalized spacial score (nSPS) is 15.5. The third kappa shape index (κ3) is 2.07. The summed E-state index contributed by atoms with van der Waals surface area (Å²) in [7, 11) is 0. The van der Waals surface area contributed by atoms with Crippen molar-refractivity contribution in [2.45, 2.75) is 0 Å². The molecular formula is C10H9ClN4O. The number of rotatable bonds is 1. The molecule has 1 aliphatic rings. The maximum atomic E-state index is 11.2. The number of pyridine rings is 1. The largest absolute Gasteiger partial charge is 0.353 e. The second kappa shape index (κ2) is 4.37. The predicted octanol–water partition coefficient (Wildman–Crippen LogP) is 0.543. The zero-order valence-electron chi connectivity index (χ0n) is 8.40. The average molecular weight is 237 g/mol. The summed E-state index contributed by atoms with van der Waals surface area (Å²) in [6.45, 7) is 1.50. The van der Waals surface area contributed by atoms with E-state index in [1.165, 1.54) is 6.20 Å².